The SMILES string of the molecule is CCCc1cc(C(O)(CC)CC)ccc1-c1cc(OCc2ccc(CO)c(C(O)I)c2)ccc1C. The Hall–Kier alpha value is -1.93. The quantitative estimate of drug-likeness (QED) is 0.165. The number of hydrogen-bond donors (Lipinski definition) is 3. The molecule has 0 heterocycles. The van der Waals surface area contributed by atoms with Crippen molar-refractivity contribution in [1.29, 1.82) is 0 Å². The Morgan fingerprint density at radius 2 is 1.66 bits per heavy atom. The minimum atomic E-state index is -0.795. The predicted octanol–water partition coefficient (Wildman–Crippen LogP) is 7.12. The van der Waals surface area contributed by atoms with Gasteiger partial charge in [-0.2, -0.15) is 0 Å². The molecular formula is C30H37IO4. The molecule has 0 radical (unpaired) electrons. The molecule has 0 amide bonds. The van der Waals surface area contributed by atoms with Crippen molar-refractivity contribution in [3.05, 3.63) is 88.0 Å². The second kappa shape index (κ2) is 12.3. The molecule has 0 saturated carbocycles. The Balaban J connectivity index is 1.91. The van der Waals surface area contributed by atoms with Gasteiger partial charge in [-0.25, -0.2) is 0 Å². The average Bonchev–Trinajstić information content (AvgIpc) is 2.87. The lowest BCUT2D eigenvalue weighted by Gasteiger charge is -2.27. The fourth-order valence-corrected chi connectivity index (χ4v) is 5.11. The average molecular weight is 589 g/mol. The van der Waals surface area contributed by atoms with E-state index in [4.69, 9.17) is 4.74 Å². The summed E-state index contributed by atoms with van der Waals surface area (Å²) in [7, 11) is 0. The molecule has 0 aromatic heterocycles. The molecule has 1 atom stereocenters. The van der Waals surface area contributed by atoms with Crippen LogP contribution in [0.4, 0.5) is 0 Å². The van der Waals surface area contributed by atoms with E-state index < -0.39 is 9.71 Å². The molecule has 0 bridgehead atoms. The van der Waals surface area contributed by atoms with Crippen LogP contribution >= 0.6 is 22.6 Å². The molecule has 0 aliphatic rings. The second-order valence-electron chi connectivity index (χ2n) is 9.15. The number of halogens is 1. The number of aliphatic hydroxyl groups is 3. The van der Waals surface area contributed by atoms with Gasteiger partial charge in [0.15, 0.2) is 0 Å². The monoisotopic (exact) mass is 588 g/mol. The second-order valence-corrected chi connectivity index (χ2v) is 10.3. The molecule has 188 valence electrons. The summed E-state index contributed by atoms with van der Waals surface area (Å²) in [6, 6.07) is 18.2. The van der Waals surface area contributed by atoms with E-state index >= 15 is 0 Å². The van der Waals surface area contributed by atoms with Crippen molar-refractivity contribution >= 4 is 22.6 Å². The first kappa shape index (κ1) is 27.7. The van der Waals surface area contributed by atoms with Crippen LogP contribution in [0.2, 0.25) is 0 Å². The summed E-state index contributed by atoms with van der Waals surface area (Å²) in [5, 5.41) is 30.6. The zero-order valence-corrected chi connectivity index (χ0v) is 23.3. The normalized spacial score (nSPS) is 12.6. The molecule has 3 aromatic rings. The number of aliphatic hydroxyl groups excluding tert-OH is 2. The van der Waals surface area contributed by atoms with Crippen molar-refractivity contribution in [2.75, 3.05) is 0 Å². The Bertz CT molecular complexity index is 1140. The smallest absolute Gasteiger partial charge is 0.130 e. The highest BCUT2D eigenvalue weighted by molar-refractivity contribution is 14.1. The fourth-order valence-electron chi connectivity index (χ4n) is 4.53. The molecule has 0 aliphatic heterocycles. The molecule has 5 heteroatoms. The highest BCUT2D eigenvalue weighted by Crippen LogP contribution is 2.36. The van der Waals surface area contributed by atoms with E-state index in [2.05, 4.69) is 44.2 Å². The molecule has 0 fully saturated rings. The van der Waals surface area contributed by atoms with Crippen LogP contribution in [0.15, 0.2) is 54.6 Å². The summed E-state index contributed by atoms with van der Waals surface area (Å²) in [6.45, 7) is 8.61. The lowest BCUT2D eigenvalue weighted by atomic mass is 9.84. The van der Waals surface area contributed by atoms with Gasteiger partial charge in [-0.3, -0.25) is 0 Å². The number of rotatable bonds is 11. The molecule has 0 aliphatic carbocycles. The van der Waals surface area contributed by atoms with Crippen molar-refractivity contribution in [3.8, 4) is 16.9 Å². The van der Waals surface area contributed by atoms with Crippen molar-refractivity contribution in [1.82, 2.24) is 0 Å². The first-order valence-corrected chi connectivity index (χ1v) is 13.6. The summed E-state index contributed by atoms with van der Waals surface area (Å²) >= 11 is 1.94. The molecule has 3 N–H and O–H groups in total. The van der Waals surface area contributed by atoms with Gasteiger partial charge in [-0.05, 0) is 111 Å². The summed E-state index contributed by atoms with van der Waals surface area (Å²) in [5.74, 6) is 0.776. The molecule has 1 unspecified atom stereocenters. The lowest BCUT2D eigenvalue weighted by molar-refractivity contribution is 0.0283. The lowest BCUT2D eigenvalue weighted by Crippen LogP contribution is -2.23. The maximum absolute atomic E-state index is 11.1. The van der Waals surface area contributed by atoms with Gasteiger partial charge >= 0.3 is 0 Å². The van der Waals surface area contributed by atoms with E-state index in [0.717, 1.165) is 40.8 Å². The van der Waals surface area contributed by atoms with E-state index in [9.17, 15) is 15.3 Å². The predicted molar refractivity (Wildman–Crippen MR) is 151 cm³/mol. The molecule has 4 nitrogen and oxygen atoms in total. The third-order valence-corrected chi connectivity index (χ3v) is 7.54. The van der Waals surface area contributed by atoms with E-state index in [1.54, 1.807) is 0 Å². The third-order valence-electron chi connectivity index (χ3n) is 6.87. The zero-order valence-electron chi connectivity index (χ0n) is 21.1. The van der Waals surface area contributed by atoms with E-state index in [1.165, 1.54) is 16.7 Å². The fraction of sp³-hybridized carbons (Fsp3) is 0.400. The van der Waals surface area contributed by atoms with Crippen LogP contribution < -0.4 is 4.74 Å². The first-order chi connectivity index (χ1) is 16.8. The van der Waals surface area contributed by atoms with Crippen LogP contribution in [0.1, 0.15) is 77.5 Å². The molecule has 3 rings (SSSR count). The van der Waals surface area contributed by atoms with Crippen molar-refractivity contribution in [2.45, 2.75) is 76.3 Å². The maximum Gasteiger partial charge on any atom is 0.130 e. The van der Waals surface area contributed by atoms with Gasteiger partial charge in [0, 0.05) is 0 Å². The van der Waals surface area contributed by atoms with E-state index in [1.807, 2.05) is 60.7 Å². The van der Waals surface area contributed by atoms with Gasteiger partial charge in [0.05, 0.1) is 12.2 Å². The standard InChI is InChI=1S/C30H37IO4/c1-5-8-22-16-24(30(34,6-2)7-3)12-14-26(22)27-17-25(13-9-20(27)4)35-19-21-10-11-23(18-32)28(15-21)29(31)33/h9-17,29,32-34H,5-8,18-19H2,1-4H3. The van der Waals surface area contributed by atoms with E-state index in [0.29, 0.717) is 25.0 Å². The van der Waals surface area contributed by atoms with Crippen LogP contribution in [0, 0.1) is 6.92 Å². The Morgan fingerprint density at radius 1 is 0.914 bits per heavy atom. The van der Waals surface area contributed by atoms with Gasteiger partial charge in [0.25, 0.3) is 0 Å². The van der Waals surface area contributed by atoms with Gasteiger partial charge in [0.2, 0.25) is 0 Å². The topological polar surface area (TPSA) is 69.9 Å². The summed E-state index contributed by atoms with van der Waals surface area (Å²) < 4.78 is 5.46. The van der Waals surface area contributed by atoms with Crippen LogP contribution in [0.25, 0.3) is 11.1 Å². The van der Waals surface area contributed by atoms with Crippen molar-refractivity contribution in [3.63, 3.8) is 0 Å². The van der Waals surface area contributed by atoms with Crippen molar-refractivity contribution < 1.29 is 20.1 Å². The number of benzene rings is 3. The van der Waals surface area contributed by atoms with Crippen LogP contribution in [0.5, 0.6) is 5.75 Å². The van der Waals surface area contributed by atoms with Gasteiger partial charge < -0.3 is 20.1 Å². The molecule has 0 saturated heterocycles. The minimum absolute atomic E-state index is 0.106. The van der Waals surface area contributed by atoms with Crippen molar-refractivity contribution in [2.24, 2.45) is 0 Å². The highest BCUT2D eigenvalue weighted by Gasteiger charge is 2.25. The minimum Gasteiger partial charge on any atom is -0.489 e. The molecule has 35 heavy (non-hydrogen) atoms. The zero-order chi connectivity index (χ0) is 25.6. The number of alkyl halides is 1. The van der Waals surface area contributed by atoms with Gasteiger partial charge in [-0.1, -0.05) is 63.6 Å². The molecule has 0 spiro atoms. The Kier molecular flexibility index (Phi) is 9.76. The summed E-state index contributed by atoms with van der Waals surface area (Å²) in [4.78, 5) is 0. The van der Waals surface area contributed by atoms with Gasteiger partial charge in [-0.15, -0.1) is 0 Å². The maximum atomic E-state index is 11.1. The number of hydrogen-bond acceptors (Lipinski definition) is 4. The van der Waals surface area contributed by atoms with Crippen LogP contribution in [-0.4, -0.2) is 15.3 Å². The van der Waals surface area contributed by atoms with Crippen LogP contribution in [-0.2, 0) is 25.2 Å². The Morgan fingerprint density at radius 3 is 2.29 bits per heavy atom. The first-order valence-electron chi connectivity index (χ1n) is 12.4. The summed E-state index contributed by atoms with van der Waals surface area (Å²) in [5.41, 5.74) is 7.28. The summed E-state index contributed by atoms with van der Waals surface area (Å²) in [6.07, 6.45) is 3.34. The third kappa shape index (κ3) is 6.45. The number of aryl methyl sites for hydroxylation is 2. The molecule has 3 aromatic carbocycles. The van der Waals surface area contributed by atoms with Gasteiger partial charge in [0.1, 0.15) is 16.5 Å². The number of ether oxygens (including phenoxy) is 1. The largest absolute Gasteiger partial charge is 0.489 e. The highest BCUT2D eigenvalue weighted by atomic mass is 127. The van der Waals surface area contributed by atoms with Crippen LogP contribution in [0.3, 0.4) is 0 Å². The molecular weight excluding hydrogens is 551 g/mol. The van der Waals surface area contributed by atoms with E-state index in [-0.39, 0.29) is 6.61 Å². The Labute approximate surface area is 223 Å².